The second-order valence-electron chi connectivity index (χ2n) is 7.50. The summed E-state index contributed by atoms with van der Waals surface area (Å²) >= 11 is 0. The van der Waals surface area contributed by atoms with Gasteiger partial charge in [-0.15, -0.1) is 0 Å². The monoisotopic (exact) mass is 381 g/mol. The Bertz CT molecular complexity index is 751. The van der Waals surface area contributed by atoms with Gasteiger partial charge in [0.2, 0.25) is 0 Å². The van der Waals surface area contributed by atoms with E-state index in [2.05, 4.69) is 35.0 Å². The molecule has 2 heterocycles. The number of carbonyl (C=O) groups is 1. The smallest absolute Gasteiger partial charge is 0.255 e. The molecule has 150 valence electrons. The van der Waals surface area contributed by atoms with E-state index in [1.54, 1.807) is 19.5 Å². The number of piperidine rings is 1. The van der Waals surface area contributed by atoms with Gasteiger partial charge in [-0.1, -0.05) is 12.1 Å². The van der Waals surface area contributed by atoms with E-state index < -0.39 is 0 Å². The summed E-state index contributed by atoms with van der Waals surface area (Å²) in [5.74, 6) is 1.53. The van der Waals surface area contributed by atoms with Crippen LogP contribution in [0.1, 0.15) is 35.7 Å². The van der Waals surface area contributed by atoms with Gasteiger partial charge in [-0.2, -0.15) is 0 Å². The molecule has 1 fully saturated rings. The van der Waals surface area contributed by atoms with Crippen molar-refractivity contribution in [1.29, 1.82) is 0 Å². The van der Waals surface area contributed by atoms with Gasteiger partial charge < -0.3 is 14.5 Å². The number of pyridine rings is 1. The third-order valence-corrected chi connectivity index (χ3v) is 5.51. The molecule has 1 aromatic heterocycles. The summed E-state index contributed by atoms with van der Waals surface area (Å²) in [6.07, 6.45) is 6.77. The Labute approximate surface area is 168 Å². The Kier molecular flexibility index (Phi) is 7.43. The summed E-state index contributed by atoms with van der Waals surface area (Å²) in [6, 6.07) is 12.0. The van der Waals surface area contributed by atoms with Crippen LogP contribution in [0.4, 0.5) is 0 Å². The second-order valence-corrected chi connectivity index (χ2v) is 7.50. The van der Waals surface area contributed by atoms with E-state index in [0.717, 1.165) is 44.9 Å². The van der Waals surface area contributed by atoms with Gasteiger partial charge in [0, 0.05) is 38.6 Å². The number of hydrogen-bond donors (Lipinski definition) is 0. The number of ether oxygens (including phenoxy) is 1. The topological polar surface area (TPSA) is 45.7 Å². The maximum Gasteiger partial charge on any atom is 0.255 e. The zero-order valence-electron chi connectivity index (χ0n) is 17.0. The molecule has 5 nitrogen and oxygen atoms in total. The van der Waals surface area contributed by atoms with E-state index >= 15 is 0 Å². The maximum atomic E-state index is 12.8. The van der Waals surface area contributed by atoms with Crippen molar-refractivity contribution in [3.8, 4) is 5.75 Å². The van der Waals surface area contributed by atoms with Crippen molar-refractivity contribution >= 4 is 5.91 Å². The van der Waals surface area contributed by atoms with Crippen LogP contribution in [0.3, 0.4) is 0 Å². The fourth-order valence-corrected chi connectivity index (χ4v) is 3.96. The highest BCUT2D eigenvalue weighted by atomic mass is 16.5. The minimum Gasteiger partial charge on any atom is -0.497 e. The molecule has 5 heteroatoms. The van der Waals surface area contributed by atoms with Gasteiger partial charge in [0.1, 0.15) is 5.75 Å². The van der Waals surface area contributed by atoms with Crippen LogP contribution < -0.4 is 4.74 Å². The average molecular weight is 382 g/mol. The van der Waals surface area contributed by atoms with Crippen LogP contribution in [-0.2, 0) is 6.42 Å². The van der Waals surface area contributed by atoms with Gasteiger partial charge in [0.05, 0.1) is 12.7 Å². The van der Waals surface area contributed by atoms with Crippen molar-refractivity contribution in [2.45, 2.75) is 26.2 Å². The van der Waals surface area contributed by atoms with Crippen LogP contribution in [0, 0.1) is 5.92 Å². The van der Waals surface area contributed by atoms with Crippen LogP contribution in [0.25, 0.3) is 0 Å². The molecular formula is C23H31N3O2. The van der Waals surface area contributed by atoms with Crippen molar-refractivity contribution in [2.75, 3.05) is 39.8 Å². The van der Waals surface area contributed by atoms with E-state index in [-0.39, 0.29) is 5.91 Å². The summed E-state index contributed by atoms with van der Waals surface area (Å²) in [5, 5.41) is 0. The third-order valence-electron chi connectivity index (χ3n) is 5.51. The predicted octanol–water partition coefficient (Wildman–Crippen LogP) is 3.51. The second kappa shape index (κ2) is 10.2. The molecule has 1 unspecified atom stereocenters. The molecule has 3 rings (SSSR count). The Hall–Kier alpha value is -2.40. The van der Waals surface area contributed by atoms with E-state index in [1.807, 2.05) is 23.1 Å². The molecule has 1 atom stereocenters. The first-order valence-electron chi connectivity index (χ1n) is 10.2. The Balaban J connectivity index is 1.52. The van der Waals surface area contributed by atoms with Crippen molar-refractivity contribution in [1.82, 2.24) is 14.8 Å². The van der Waals surface area contributed by atoms with Crippen molar-refractivity contribution in [3.05, 3.63) is 59.9 Å². The molecule has 0 radical (unpaired) electrons. The lowest BCUT2D eigenvalue weighted by atomic mass is 9.96. The zero-order chi connectivity index (χ0) is 19.8. The summed E-state index contributed by atoms with van der Waals surface area (Å²) in [5.41, 5.74) is 1.98. The van der Waals surface area contributed by atoms with Crippen LogP contribution in [0.2, 0.25) is 0 Å². The number of likely N-dealkylation sites (tertiary alicyclic amines) is 1. The lowest BCUT2D eigenvalue weighted by Gasteiger charge is -2.35. The number of carbonyl (C=O) groups excluding carboxylic acids is 1. The summed E-state index contributed by atoms with van der Waals surface area (Å²) in [7, 11) is 1.71. The number of methoxy groups -OCH3 is 1. The predicted molar refractivity (Wildman–Crippen MR) is 112 cm³/mol. The highest BCUT2D eigenvalue weighted by molar-refractivity contribution is 5.93. The van der Waals surface area contributed by atoms with Gasteiger partial charge in [-0.05, 0) is 68.5 Å². The lowest BCUT2D eigenvalue weighted by Crippen LogP contribution is -2.43. The molecule has 28 heavy (non-hydrogen) atoms. The number of benzene rings is 1. The van der Waals surface area contributed by atoms with E-state index in [9.17, 15) is 4.79 Å². The minimum atomic E-state index is 0.0871. The van der Waals surface area contributed by atoms with E-state index in [1.165, 1.54) is 18.4 Å². The molecule has 1 aromatic carbocycles. The van der Waals surface area contributed by atoms with Gasteiger partial charge >= 0.3 is 0 Å². The molecule has 1 saturated heterocycles. The fourth-order valence-electron chi connectivity index (χ4n) is 3.96. The maximum absolute atomic E-state index is 12.8. The first-order chi connectivity index (χ1) is 13.7. The number of hydrogen-bond acceptors (Lipinski definition) is 4. The summed E-state index contributed by atoms with van der Waals surface area (Å²) in [4.78, 5) is 21.3. The van der Waals surface area contributed by atoms with Crippen LogP contribution >= 0.6 is 0 Å². The molecule has 0 N–H and O–H groups in total. The van der Waals surface area contributed by atoms with Gasteiger partial charge in [-0.25, -0.2) is 0 Å². The van der Waals surface area contributed by atoms with Crippen molar-refractivity contribution in [3.63, 3.8) is 0 Å². The van der Waals surface area contributed by atoms with Crippen molar-refractivity contribution < 1.29 is 9.53 Å². The molecule has 2 aromatic rings. The SMILES string of the molecule is CCN(CC1CCCN(CCc2cccc(OC)c2)C1)C(=O)c1cccnc1. The number of aromatic nitrogens is 1. The van der Waals surface area contributed by atoms with Crippen LogP contribution in [-0.4, -0.2) is 60.5 Å². The first kappa shape index (κ1) is 20.3. The van der Waals surface area contributed by atoms with Crippen LogP contribution in [0.15, 0.2) is 48.8 Å². The minimum absolute atomic E-state index is 0.0871. The molecule has 1 aliphatic rings. The standard InChI is InChI=1S/C23H31N3O2/c1-3-26(23(27)21-9-5-12-24-16-21)18-20-8-6-13-25(17-20)14-11-19-7-4-10-22(15-19)28-2/h4-5,7,9-10,12,15-16,20H,3,6,8,11,13-14,17-18H2,1-2H3. The fraction of sp³-hybridized carbons (Fsp3) is 0.478. The Morgan fingerprint density at radius 2 is 2.21 bits per heavy atom. The van der Waals surface area contributed by atoms with Crippen molar-refractivity contribution in [2.24, 2.45) is 5.92 Å². The first-order valence-corrected chi connectivity index (χ1v) is 10.2. The van der Waals surface area contributed by atoms with Gasteiger partial charge in [0.15, 0.2) is 0 Å². The Morgan fingerprint density at radius 3 is 2.96 bits per heavy atom. The molecular weight excluding hydrogens is 350 g/mol. The molecule has 1 aliphatic heterocycles. The van der Waals surface area contributed by atoms with E-state index in [4.69, 9.17) is 4.74 Å². The molecule has 0 spiro atoms. The highest BCUT2D eigenvalue weighted by Gasteiger charge is 2.24. The molecule has 0 saturated carbocycles. The van der Waals surface area contributed by atoms with Gasteiger partial charge in [-0.3, -0.25) is 9.78 Å². The number of rotatable bonds is 8. The molecule has 1 amide bonds. The molecule has 0 aliphatic carbocycles. The lowest BCUT2D eigenvalue weighted by molar-refractivity contribution is 0.0690. The number of nitrogens with zero attached hydrogens (tertiary/aromatic N) is 3. The number of amides is 1. The van der Waals surface area contributed by atoms with Gasteiger partial charge in [0.25, 0.3) is 5.91 Å². The third kappa shape index (κ3) is 5.55. The highest BCUT2D eigenvalue weighted by Crippen LogP contribution is 2.20. The summed E-state index contributed by atoms with van der Waals surface area (Å²) < 4.78 is 5.32. The normalized spacial score (nSPS) is 17.3. The quantitative estimate of drug-likeness (QED) is 0.702. The average Bonchev–Trinajstić information content (AvgIpc) is 2.76. The largest absolute Gasteiger partial charge is 0.497 e. The zero-order valence-corrected chi connectivity index (χ0v) is 17.0. The van der Waals surface area contributed by atoms with Crippen LogP contribution in [0.5, 0.6) is 5.75 Å². The van der Waals surface area contributed by atoms with E-state index in [0.29, 0.717) is 11.5 Å². The Morgan fingerprint density at radius 1 is 1.32 bits per heavy atom. The summed E-state index contributed by atoms with van der Waals surface area (Å²) in [6.45, 7) is 6.85. The molecule has 0 bridgehead atoms.